The first-order valence-electron chi connectivity index (χ1n) is 10.7. The van der Waals surface area contributed by atoms with Gasteiger partial charge in [0.25, 0.3) is 0 Å². The van der Waals surface area contributed by atoms with Crippen molar-refractivity contribution >= 4 is 50.3 Å². The van der Waals surface area contributed by atoms with Crippen molar-refractivity contribution in [2.75, 3.05) is 15.9 Å². The highest BCUT2D eigenvalue weighted by molar-refractivity contribution is 7.92. The van der Waals surface area contributed by atoms with Crippen LogP contribution in [0.2, 0.25) is 5.02 Å². The van der Waals surface area contributed by atoms with Crippen molar-refractivity contribution in [1.29, 1.82) is 0 Å². The van der Waals surface area contributed by atoms with E-state index in [0.29, 0.717) is 15.8 Å². The average molecular weight is 525 g/mol. The Kier molecular flexibility index (Phi) is 6.18. The lowest BCUT2D eigenvalue weighted by atomic mass is 10.0. The summed E-state index contributed by atoms with van der Waals surface area (Å²) >= 11 is 11.8. The second-order valence-corrected chi connectivity index (χ2v) is 10.6. The molecule has 4 heterocycles. The molecule has 1 aromatic carbocycles. The number of rotatable bonds is 6. The Morgan fingerprint density at radius 2 is 1.83 bits per heavy atom. The molecule has 3 aromatic heterocycles. The van der Waals surface area contributed by atoms with E-state index in [4.69, 9.17) is 23.8 Å². The van der Waals surface area contributed by atoms with Gasteiger partial charge in [-0.25, -0.2) is 13.4 Å². The molecule has 0 amide bonds. The van der Waals surface area contributed by atoms with Crippen molar-refractivity contribution in [3.05, 3.63) is 102 Å². The minimum absolute atomic E-state index is 0.238. The molecule has 11 heteroatoms. The van der Waals surface area contributed by atoms with Crippen molar-refractivity contribution in [3.8, 4) is 5.82 Å². The summed E-state index contributed by atoms with van der Waals surface area (Å²) in [6.45, 7) is 0. The van der Waals surface area contributed by atoms with E-state index < -0.39 is 10.0 Å². The summed E-state index contributed by atoms with van der Waals surface area (Å²) in [5, 5.41) is 4.52. The summed E-state index contributed by atoms with van der Waals surface area (Å²) in [5.74, 6) is 0.722. The summed E-state index contributed by atoms with van der Waals surface area (Å²) < 4.78 is 27.7. The molecule has 178 valence electrons. The van der Waals surface area contributed by atoms with Crippen molar-refractivity contribution in [2.45, 2.75) is 12.1 Å². The number of aromatic nitrogens is 3. The number of benzene rings is 1. The molecule has 1 aliphatic rings. The third kappa shape index (κ3) is 4.86. The highest BCUT2D eigenvalue weighted by Crippen LogP contribution is 2.42. The van der Waals surface area contributed by atoms with Gasteiger partial charge in [-0.3, -0.25) is 9.71 Å². The second kappa shape index (κ2) is 9.29. The van der Waals surface area contributed by atoms with E-state index in [9.17, 15) is 8.42 Å². The highest BCUT2D eigenvalue weighted by atomic mass is 35.5. The zero-order valence-corrected chi connectivity index (χ0v) is 20.9. The van der Waals surface area contributed by atoms with E-state index in [1.807, 2.05) is 64.2 Å². The van der Waals surface area contributed by atoms with E-state index in [1.165, 1.54) is 0 Å². The van der Waals surface area contributed by atoms with E-state index >= 15 is 0 Å². The van der Waals surface area contributed by atoms with Gasteiger partial charge in [0.05, 0.1) is 23.0 Å². The molecule has 0 aliphatic carbocycles. The molecule has 0 spiro atoms. The number of nitrogens with one attached hydrogen (secondary N) is 2. The average Bonchev–Trinajstić information content (AvgIpc) is 3.44. The van der Waals surface area contributed by atoms with Crippen LogP contribution in [-0.2, 0) is 10.0 Å². The van der Waals surface area contributed by atoms with Crippen LogP contribution < -0.4 is 14.9 Å². The van der Waals surface area contributed by atoms with E-state index in [0.717, 1.165) is 29.1 Å². The molecule has 35 heavy (non-hydrogen) atoms. The van der Waals surface area contributed by atoms with Gasteiger partial charge in [-0.1, -0.05) is 17.7 Å². The topological polar surface area (TPSA) is 92.2 Å². The molecule has 4 aromatic rings. The molecule has 1 aliphatic heterocycles. The maximum atomic E-state index is 11.6. The number of nitrogens with zero attached hydrogens (tertiary/aromatic N) is 4. The molecule has 0 radical (unpaired) electrons. The van der Waals surface area contributed by atoms with Crippen LogP contribution in [0.4, 0.5) is 11.4 Å². The minimum atomic E-state index is -3.38. The van der Waals surface area contributed by atoms with Crippen LogP contribution >= 0.6 is 23.8 Å². The van der Waals surface area contributed by atoms with Crippen LogP contribution in [0.5, 0.6) is 0 Å². The first-order valence-corrected chi connectivity index (χ1v) is 13.4. The quantitative estimate of drug-likeness (QED) is 0.359. The number of thiocarbonyl (C=S) groups is 1. The zero-order valence-electron chi connectivity index (χ0n) is 18.5. The minimum Gasteiger partial charge on any atom is -0.351 e. The van der Waals surface area contributed by atoms with Crippen molar-refractivity contribution in [1.82, 2.24) is 19.9 Å². The van der Waals surface area contributed by atoms with Gasteiger partial charge >= 0.3 is 0 Å². The summed E-state index contributed by atoms with van der Waals surface area (Å²) in [6, 6.07) is 20.0. The van der Waals surface area contributed by atoms with Crippen LogP contribution in [0.3, 0.4) is 0 Å². The first-order chi connectivity index (χ1) is 16.8. The predicted molar refractivity (Wildman–Crippen MR) is 141 cm³/mol. The molecule has 2 atom stereocenters. The van der Waals surface area contributed by atoms with Gasteiger partial charge in [0.15, 0.2) is 5.11 Å². The number of sulfonamides is 1. The van der Waals surface area contributed by atoms with Gasteiger partial charge in [-0.05, 0) is 72.9 Å². The molecular formula is C24H21ClN6O2S2. The summed E-state index contributed by atoms with van der Waals surface area (Å²) in [5.41, 5.74) is 3.07. The predicted octanol–water partition coefficient (Wildman–Crippen LogP) is 4.47. The van der Waals surface area contributed by atoms with Crippen LogP contribution in [0.25, 0.3) is 5.82 Å². The normalized spacial score (nSPS) is 17.9. The number of pyridine rings is 2. The maximum absolute atomic E-state index is 11.6. The number of hydrogen-bond donors (Lipinski definition) is 2. The zero-order chi connectivity index (χ0) is 24.6. The molecule has 1 fully saturated rings. The van der Waals surface area contributed by atoms with Gasteiger partial charge in [-0.2, -0.15) is 0 Å². The lowest BCUT2D eigenvalue weighted by Crippen LogP contribution is -2.30. The van der Waals surface area contributed by atoms with Gasteiger partial charge < -0.3 is 14.8 Å². The third-order valence-corrected chi connectivity index (χ3v) is 6.73. The molecule has 5 rings (SSSR count). The molecule has 0 saturated carbocycles. The van der Waals surface area contributed by atoms with Crippen LogP contribution in [-0.4, -0.2) is 34.3 Å². The van der Waals surface area contributed by atoms with Gasteiger partial charge in [0.2, 0.25) is 10.0 Å². The number of hydrogen-bond acceptors (Lipinski definition) is 5. The third-order valence-electron chi connectivity index (χ3n) is 5.59. The van der Waals surface area contributed by atoms with Crippen LogP contribution in [0.1, 0.15) is 23.5 Å². The number of anilines is 2. The highest BCUT2D eigenvalue weighted by Gasteiger charge is 2.42. The molecule has 1 saturated heterocycles. The monoisotopic (exact) mass is 524 g/mol. The standard InChI is InChI=1S/C24H21ClN6O2S2/c1-35(32,33)29-17-8-10-18(11-9-17)31-23(22(28-24(31)34)19-5-2-3-13-26-19)20-6-4-14-30(20)21-12-7-16(25)15-27-21/h2-15,22-23,29H,1H3,(H,28,34)/t22-,23-/m0/s1. The largest absolute Gasteiger partial charge is 0.351 e. The summed E-state index contributed by atoms with van der Waals surface area (Å²) in [7, 11) is -3.38. The SMILES string of the molecule is CS(=O)(=O)Nc1ccc(N2C(=S)N[C@@H](c3ccccn3)[C@@H]2c2cccn2-c2ccc(Cl)cn2)cc1. The fourth-order valence-electron chi connectivity index (χ4n) is 4.19. The smallest absolute Gasteiger partial charge is 0.229 e. The summed E-state index contributed by atoms with van der Waals surface area (Å²) in [4.78, 5) is 11.1. The maximum Gasteiger partial charge on any atom is 0.229 e. The van der Waals surface area contributed by atoms with Gasteiger partial charge in [-0.15, -0.1) is 0 Å². The molecule has 8 nitrogen and oxygen atoms in total. The van der Waals surface area contributed by atoms with Crippen molar-refractivity contribution < 1.29 is 8.42 Å². The Morgan fingerprint density at radius 3 is 2.49 bits per heavy atom. The van der Waals surface area contributed by atoms with Gasteiger partial charge in [0, 0.05) is 35.7 Å². The molecule has 0 bridgehead atoms. The lowest BCUT2D eigenvalue weighted by molar-refractivity contribution is 0.548. The summed E-state index contributed by atoms with van der Waals surface area (Å²) in [6.07, 6.45) is 6.43. The van der Waals surface area contributed by atoms with E-state index in [2.05, 4.69) is 20.0 Å². The van der Waals surface area contributed by atoms with Gasteiger partial charge in [0.1, 0.15) is 11.9 Å². The fraction of sp³-hybridized carbons (Fsp3) is 0.125. The Bertz CT molecular complexity index is 1460. The Hall–Kier alpha value is -3.47. The Labute approximate surface area is 213 Å². The van der Waals surface area contributed by atoms with Crippen LogP contribution in [0.15, 0.2) is 85.3 Å². The molecular weight excluding hydrogens is 504 g/mol. The van der Waals surface area contributed by atoms with Crippen molar-refractivity contribution in [2.24, 2.45) is 0 Å². The Balaban J connectivity index is 1.60. The van der Waals surface area contributed by atoms with Crippen molar-refractivity contribution in [3.63, 3.8) is 0 Å². The number of halogens is 1. The first kappa shape index (κ1) is 23.3. The second-order valence-electron chi connectivity index (χ2n) is 8.06. The van der Waals surface area contributed by atoms with Crippen LogP contribution in [0, 0.1) is 0 Å². The fourth-order valence-corrected chi connectivity index (χ4v) is 5.21. The molecule has 2 N–H and O–H groups in total. The Morgan fingerprint density at radius 1 is 1.03 bits per heavy atom. The van der Waals surface area contributed by atoms with E-state index in [-0.39, 0.29) is 12.1 Å². The van der Waals surface area contributed by atoms with E-state index in [1.54, 1.807) is 30.6 Å². The lowest BCUT2D eigenvalue weighted by Gasteiger charge is -2.29. The molecule has 0 unspecified atom stereocenters.